The number of carbonyl (C=O) groups is 1. The lowest BCUT2D eigenvalue weighted by Gasteiger charge is -2.28. The molecule has 0 aliphatic rings. The van der Waals surface area contributed by atoms with Crippen LogP contribution in [-0.4, -0.2) is 28.0 Å². The zero-order chi connectivity index (χ0) is 17.1. The van der Waals surface area contributed by atoms with Gasteiger partial charge >= 0.3 is 0 Å². The van der Waals surface area contributed by atoms with E-state index in [1.54, 1.807) is 32.0 Å². The number of pyridine rings is 1. The van der Waals surface area contributed by atoms with Crippen molar-refractivity contribution in [3.8, 4) is 0 Å². The maximum atomic E-state index is 13.0. The molecule has 5 heteroatoms. The van der Waals surface area contributed by atoms with E-state index in [1.807, 2.05) is 48.5 Å². The minimum atomic E-state index is -0.284. The van der Waals surface area contributed by atoms with E-state index in [0.29, 0.717) is 17.0 Å². The number of aromatic nitrogens is 2. The van der Waals surface area contributed by atoms with Crippen molar-refractivity contribution in [3.63, 3.8) is 0 Å². The highest BCUT2D eigenvalue weighted by Gasteiger charge is 2.28. The lowest BCUT2D eigenvalue weighted by molar-refractivity contribution is 0.0750. The van der Waals surface area contributed by atoms with Crippen molar-refractivity contribution in [1.29, 1.82) is 0 Å². The summed E-state index contributed by atoms with van der Waals surface area (Å²) >= 11 is 0. The van der Waals surface area contributed by atoms with Crippen LogP contribution < -0.4 is 0 Å². The Morgan fingerprint density at radius 1 is 1.08 bits per heavy atom. The third-order valence-electron chi connectivity index (χ3n) is 4.04. The van der Waals surface area contributed by atoms with E-state index in [2.05, 4.69) is 10.1 Å². The summed E-state index contributed by atoms with van der Waals surface area (Å²) in [5, 5.41) is 3.89. The highest BCUT2D eigenvalue weighted by atomic mass is 16.5. The zero-order valence-corrected chi connectivity index (χ0v) is 13.9. The summed E-state index contributed by atoms with van der Waals surface area (Å²) in [6.45, 7) is 3.52. The second-order valence-corrected chi connectivity index (χ2v) is 5.68. The fourth-order valence-corrected chi connectivity index (χ4v) is 2.85. The molecular formula is C19H19N3O2. The summed E-state index contributed by atoms with van der Waals surface area (Å²) in [4.78, 5) is 19.2. The molecule has 1 amide bonds. The van der Waals surface area contributed by atoms with E-state index in [-0.39, 0.29) is 11.9 Å². The molecule has 0 fully saturated rings. The summed E-state index contributed by atoms with van der Waals surface area (Å²) in [7, 11) is 1.78. The molecule has 2 aromatic heterocycles. The number of nitrogens with zero attached hydrogens (tertiary/aromatic N) is 3. The van der Waals surface area contributed by atoms with Crippen molar-refractivity contribution in [1.82, 2.24) is 15.0 Å². The van der Waals surface area contributed by atoms with E-state index in [9.17, 15) is 4.79 Å². The Morgan fingerprint density at radius 3 is 2.38 bits per heavy atom. The molecule has 0 aliphatic carbocycles. The summed E-state index contributed by atoms with van der Waals surface area (Å²) in [6.07, 6.45) is 1.74. The molecule has 0 aliphatic heterocycles. The first kappa shape index (κ1) is 15.9. The summed E-state index contributed by atoms with van der Waals surface area (Å²) in [5.41, 5.74) is 2.91. The molecule has 0 radical (unpaired) electrons. The highest BCUT2D eigenvalue weighted by molar-refractivity contribution is 5.96. The smallest absolute Gasteiger partial charge is 0.259 e. The van der Waals surface area contributed by atoms with Crippen molar-refractivity contribution in [3.05, 3.63) is 83.0 Å². The van der Waals surface area contributed by atoms with Crippen molar-refractivity contribution < 1.29 is 9.32 Å². The molecule has 1 aromatic carbocycles. The number of carbonyl (C=O) groups excluding carboxylic acids is 1. The molecule has 5 nitrogen and oxygen atoms in total. The maximum absolute atomic E-state index is 13.0. The van der Waals surface area contributed by atoms with E-state index in [1.165, 1.54) is 0 Å². The van der Waals surface area contributed by atoms with E-state index in [4.69, 9.17) is 4.52 Å². The Morgan fingerprint density at radius 2 is 1.79 bits per heavy atom. The van der Waals surface area contributed by atoms with Gasteiger partial charge in [-0.15, -0.1) is 0 Å². The molecule has 0 spiro atoms. The summed E-state index contributed by atoms with van der Waals surface area (Å²) < 4.78 is 5.14. The van der Waals surface area contributed by atoms with Gasteiger partial charge in [0.2, 0.25) is 0 Å². The number of hydrogen-bond acceptors (Lipinski definition) is 4. The maximum Gasteiger partial charge on any atom is 0.259 e. The van der Waals surface area contributed by atoms with E-state index < -0.39 is 0 Å². The number of aryl methyl sites for hydroxylation is 2. The monoisotopic (exact) mass is 321 g/mol. The van der Waals surface area contributed by atoms with Gasteiger partial charge in [-0.05, 0) is 31.5 Å². The van der Waals surface area contributed by atoms with Gasteiger partial charge in [0, 0.05) is 13.2 Å². The predicted octanol–water partition coefficient (Wildman–Crippen LogP) is 3.55. The van der Waals surface area contributed by atoms with Crippen LogP contribution in [0.3, 0.4) is 0 Å². The lowest BCUT2D eigenvalue weighted by Crippen LogP contribution is -2.33. The van der Waals surface area contributed by atoms with Gasteiger partial charge in [0.05, 0.1) is 17.4 Å². The Labute approximate surface area is 140 Å². The van der Waals surface area contributed by atoms with Gasteiger partial charge in [-0.1, -0.05) is 41.6 Å². The Hall–Kier alpha value is -2.95. The second-order valence-electron chi connectivity index (χ2n) is 5.68. The van der Waals surface area contributed by atoms with E-state index in [0.717, 1.165) is 11.3 Å². The predicted molar refractivity (Wildman–Crippen MR) is 90.6 cm³/mol. The summed E-state index contributed by atoms with van der Waals surface area (Å²) in [5.74, 6) is 0.392. The topological polar surface area (TPSA) is 59.2 Å². The first-order chi connectivity index (χ1) is 11.6. The van der Waals surface area contributed by atoms with Crippen LogP contribution >= 0.6 is 0 Å². The van der Waals surface area contributed by atoms with Crippen LogP contribution in [0.5, 0.6) is 0 Å². The van der Waals surface area contributed by atoms with Crippen molar-refractivity contribution >= 4 is 5.91 Å². The number of rotatable bonds is 4. The van der Waals surface area contributed by atoms with Gasteiger partial charge in [0.25, 0.3) is 5.91 Å². The van der Waals surface area contributed by atoms with Gasteiger partial charge in [0.1, 0.15) is 11.3 Å². The van der Waals surface area contributed by atoms with Crippen LogP contribution in [0.4, 0.5) is 0 Å². The number of benzene rings is 1. The van der Waals surface area contributed by atoms with Gasteiger partial charge < -0.3 is 9.42 Å². The van der Waals surface area contributed by atoms with Crippen LogP contribution in [0.15, 0.2) is 59.3 Å². The molecule has 2 heterocycles. The molecule has 3 rings (SSSR count). The van der Waals surface area contributed by atoms with Gasteiger partial charge in [-0.3, -0.25) is 9.78 Å². The molecule has 122 valence electrons. The van der Waals surface area contributed by atoms with Crippen LogP contribution in [0.25, 0.3) is 0 Å². The summed E-state index contributed by atoms with van der Waals surface area (Å²) in [6, 6.07) is 15.3. The van der Waals surface area contributed by atoms with Gasteiger partial charge in [-0.2, -0.15) is 0 Å². The average Bonchev–Trinajstić information content (AvgIpc) is 2.95. The Bertz CT molecular complexity index is 769. The van der Waals surface area contributed by atoms with Crippen LogP contribution in [-0.2, 0) is 0 Å². The molecule has 3 aromatic rings. The van der Waals surface area contributed by atoms with Crippen molar-refractivity contribution in [2.75, 3.05) is 7.05 Å². The fraction of sp³-hybridized carbons (Fsp3) is 0.211. The third-order valence-corrected chi connectivity index (χ3v) is 4.04. The van der Waals surface area contributed by atoms with Gasteiger partial charge in [-0.25, -0.2) is 0 Å². The minimum absolute atomic E-state index is 0.134. The molecule has 0 unspecified atom stereocenters. The lowest BCUT2D eigenvalue weighted by atomic mass is 10.0. The standard InChI is InChI=1S/C19H19N3O2/c1-13-17(14(2)24-21-13)19(23)22(3)18(15-9-5-4-6-10-15)16-11-7-8-12-20-16/h4-12,18H,1-3H3/t18-/m0/s1. The number of amides is 1. The van der Waals surface area contributed by atoms with Crippen LogP contribution in [0.1, 0.15) is 39.1 Å². The Kier molecular flexibility index (Phi) is 4.42. The first-order valence-corrected chi connectivity index (χ1v) is 7.75. The van der Waals surface area contributed by atoms with Crippen LogP contribution in [0.2, 0.25) is 0 Å². The van der Waals surface area contributed by atoms with Crippen LogP contribution in [0, 0.1) is 13.8 Å². The van der Waals surface area contributed by atoms with E-state index >= 15 is 0 Å². The first-order valence-electron chi connectivity index (χ1n) is 7.75. The molecule has 1 atom stereocenters. The quantitative estimate of drug-likeness (QED) is 0.737. The SMILES string of the molecule is Cc1noc(C)c1C(=O)N(C)[C@@H](c1ccccc1)c1ccccn1. The van der Waals surface area contributed by atoms with Gasteiger partial charge in [0.15, 0.2) is 0 Å². The average molecular weight is 321 g/mol. The van der Waals surface area contributed by atoms with Crippen molar-refractivity contribution in [2.45, 2.75) is 19.9 Å². The Balaban J connectivity index is 2.04. The molecule has 0 saturated heterocycles. The second kappa shape index (κ2) is 6.66. The molecule has 0 saturated carbocycles. The minimum Gasteiger partial charge on any atom is -0.361 e. The molecule has 0 bridgehead atoms. The third kappa shape index (κ3) is 2.93. The highest BCUT2D eigenvalue weighted by Crippen LogP contribution is 2.28. The fourth-order valence-electron chi connectivity index (χ4n) is 2.85. The normalized spacial score (nSPS) is 12.0. The molecule has 24 heavy (non-hydrogen) atoms. The van der Waals surface area contributed by atoms with Crippen molar-refractivity contribution in [2.24, 2.45) is 0 Å². The largest absolute Gasteiger partial charge is 0.361 e. The molecule has 0 N–H and O–H groups in total. The molecular weight excluding hydrogens is 302 g/mol. The zero-order valence-electron chi connectivity index (χ0n) is 13.9. The number of hydrogen-bond donors (Lipinski definition) is 0.